The van der Waals surface area contributed by atoms with Crippen LogP contribution in [0.15, 0.2) is 34.9 Å². The minimum atomic E-state index is 0.225. The molecule has 0 spiro atoms. The Balaban J connectivity index is 1.91. The molecule has 16 heavy (non-hydrogen) atoms. The number of benzene rings is 1. The highest BCUT2D eigenvalue weighted by atomic mass is 16.4. The zero-order valence-electron chi connectivity index (χ0n) is 8.68. The molecule has 0 atom stereocenters. The van der Waals surface area contributed by atoms with Gasteiger partial charge in [0.25, 0.3) is 0 Å². The third kappa shape index (κ3) is 1.57. The smallest absolute Gasteiger partial charge is 0.226 e. The van der Waals surface area contributed by atoms with Crippen LogP contribution in [0.1, 0.15) is 11.7 Å². The highest BCUT2D eigenvalue weighted by Gasteiger charge is 2.23. The molecule has 0 saturated carbocycles. The largest absolute Gasteiger partial charge is 0.508 e. The molecule has 1 aromatic heterocycles. The van der Waals surface area contributed by atoms with Crippen molar-refractivity contribution in [2.45, 2.75) is 5.92 Å². The number of phenolic OH excluding ortho intramolecular Hbond substituents is 1. The molecule has 2 heterocycles. The summed E-state index contributed by atoms with van der Waals surface area (Å²) >= 11 is 0. The molecule has 2 aromatic rings. The van der Waals surface area contributed by atoms with Gasteiger partial charge in [-0.2, -0.15) is 0 Å². The van der Waals surface area contributed by atoms with Gasteiger partial charge in [0.05, 0.1) is 6.20 Å². The van der Waals surface area contributed by atoms with E-state index in [1.807, 2.05) is 6.07 Å². The first-order valence-electron chi connectivity index (χ1n) is 5.29. The van der Waals surface area contributed by atoms with Gasteiger partial charge in [-0.25, -0.2) is 4.98 Å². The van der Waals surface area contributed by atoms with E-state index >= 15 is 0 Å². The lowest BCUT2D eigenvalue weighted by Crippen LogP contribution is -2.39. The Kier molecular flexibility index (Phi) is 2.15. The zero-order valence-corrected chi connectivity index (χ0v) is 8.68. The van der Waals surface area contributed by atoms with Gasteiger partial charge in [-0.15, -0.1) is 0 Å². The van der Waals surface area contributed by atoms with Crippen LogP contribution in [0.3, 0.4) is 0 Å². The number of aromatic nitrogens is 1. The SMILES string of the molecule is Oc1cccc(-c2ncc(C3CNC3)o2)c1. The van der Waals surface area contributed by atoms with E-state index in [0.717, 1.165) is 24.4 Å². The number of hydrogen-bond acceptors (Lipinski definition) is 4. The third-order valence-electron chi connectivity index (χ3n) is 2.80. The van der Waals surface area contributed by atoms with Crippen LogP contribution in [-0.2, 0) is 0 Å². The molecule has 1 saturated heterocycles. The minimum absolute atomic E-state index is 0.225. The zero-order chi connectivity index (χ0) is 11.0. The van der Waals surface area contributed by atoms with Crippen molar-refractivity contribution >= 4 is 0 Å². The van der Waals surface area contributed by atoms with E-state index in [1.54, 1.807) is 24.4 Å². The Hall–Kier alpha value is -1.81. The van der Waals surface area contributed by atoms with Crippen molar-refractivity contribution in [1.82, 2.24) is 10.3 Å². The highest BCUT2D eigenvalue weighted by molar-refractivity contribution is 5.55. The molecular formula is C12H12N2O2. The van der Waals surface area contributed by atoms with E-state index in [1.165, 1.54) is 0 Å². The lowest BCUT2D eigenvalue weighted by molar-refractivity contribution is 0.373. The number of nitrogens with one attached hydrogen (secondary N) is 1. The first-order valence-corrected chi connectivity index (χ1v) is 5.29. The van der Waals surface area contributed by atoms with Gasteiger partial charge in [-0.3, -0.25) is 0 Å². The topological polar surface area (TPSA) is 58.3 Å². The van der Waals surface area contributed by atoms with Gasteiger partial charge in [-0.05, 0) is 18.2 Å². The summed E-state index contributed by atoms with van der Waals surface area (Å²) < 4.78 is 5.67. The summed E-state index contributed by atoms with van der Waals surface area (Å²) in [5, 5.41) is 12.6. The Morgan fingerprint density at radius 1 is 1.38 bits per heavy atom. The lowest BCUT2D eigenvalue weighted by Gasteiger charge is -2.24. The molecule has 1 aromatic carbocycles. The van der Waals surface area contributed by atoms with Crippen molar-refractivity contribution in [3.05, 3.63) is 36.2 Å². The van der Waals surface area contributed by atoms with E-state index in [2.05, 4.69) is 10.3 Å². The Morgan fingerprint density at radius 2 is 2.25 bits per heavy atom. The van der Waals surface area contributed by atoms with E-state index in [9.17, 15) is 5.11 Å². The number of nitrogens with zero attached hydrogens (tertiary/aromatic N) is 1. The molecule has 4 nitrogen and oxygen atoms in total. The summed E-state index contributed by atoms with van der Waals surface area (Å²) in [7, 11) is 0. The lowest BCUT2D eigenvalue weighted by atomic mass is 10.0. The van der Waals surface area contributed by atoms with Crippen LogP contribution in [0.4, 0.5) is 0 Å². The molecule has 0 amide bonds. The second-order valence-electron chi connectivity index (χ2n) is 3.97. The molecule has 0 aliphatic carbocycles. The molecule has 82 valence electrons. The quantitative estimate of drug-likeness (QED) is 0.802. The fourth-order valence-corrected chi connectivity index (χ4v) is 1.74. The summed E-state index contributed by atoms with van der Waals surface area (Å²) in [6, 6.07) is 6.92. The summed E-state index contributed by atoms with van der Waals surface area (Å²) in [5.41, 5.74) is 0.804. The second-order valence-corrected chi connectivity index (χ2v) is 3.97. The summed E-state index contributed by atoms with van der Waals surface area (Å²) in [4.78, 5) is 4.22. The van der Waals surface area contributed by atoms with Crippen molar-refractivity contribution in [3.63, 3.8) is 0 Å². The van der Waals surface area contributed by atoms with Gasteiger partial charge in [0.2, 0.25) is 5.89 Å². The number of rotatable bonds is 2. The van der Waals surface area contributed by atoms with Crippen molar-refractivity contribution in [1.29, 1.82) is 0 Å². The Bertz CT molecular complexity index is 503. The highest BCUT2D eigenvalue weighted by Crippen LogP contribution is 2.27. The van der Waals surface area contributed by atoms with Crippen LogP contribution >= 0.6 is 0 Å². The van der Waals surface area contributed by atoms with Crippen LogP contribution in [0.25, 0.3) is 11.5 Å². The van der Waals surface area contributed by atoms with Crippen molar-refractivity contribution in [3.8, 4) is 17.2 Å². The van der Waals surface area contributed by atoms with Gasteiger partial charge in [0.1, 0.15) is 11.5 Å². The summed E-state index contributed by atoms with van der Waals surface area (Å²) in [6.07, 6.45) is 1.77. The monoisotopic (exact) mass is 216 g/mol. The molecule has 1 fully saturated rings. The molecule has 4 heteroatoms. The predicted octanol–water partition coefficient (Wildman–Crippen LogP) is 1.73. The molecule has 3 rings (SSSR count). The van der Waals surface area contributed by atoms with Gasteiger partial charge >= 0.3 is 0 Å². The first kappa shape index (κ1) is 9.42. The Labute approximate surface area is 92.9 Å². The average molecular weight is 216 g/mol. The van der Waals surface area contributed by atoms with Crippen molar-refractivity contribution in [2.24, 2.45) is 0 Å². The second kappa shape index (κ2) is 3.64. The average Bonchev–Trinajstić information content (AvgIpc) is 2.64. The van der Waals surface area contributed by atoms with Gasteiger partial charge in [-0.1, -0.05) is 6.07 Å². The van der Waals surface area contributed by atoms with E-state index in [4.69, 9.17) is 4.42 Å². The van der Waals surface area contributed by atoms with Crippen molar-refractivity contribution in [2.75, 3.05) is 13.1 Å². The van der Waals surface area contributed by atoms with Crippen LogP contribution in [0, 0.1) is 0 Å². The molecule has 0 bridgehead atoms. The molecule has 0 unspecified atom stereocenters. The van der Waals surface area contributed by atoms with Crippen LogP contribution in [-0.4, -0.2) is 23.2 Å². The number of phenols is 1. The first-order chi connectivity index (χ1) is 7.83. The van der Waals surface area contributed by atoms with Gasteiger partial charge in [0, 0.05) is 24.6 Å². The molecule has 0 radical (unpaired) electrons. The Morgan fingerprint density at radius 3 is 2.94 bits per heavy atom. The standard InChI is InChI=1S/C12H12N2O2/c15-10-3-1-2-8(4-10)12-14-7-11(16-12)9-5-13-6-9/h1-4,7,9,13,15H,5-6H2. The van der Waals surface area contributed by atoms with Crippen molar-refractivity contribution < 1.29 is 9.52 Å². The maximum Gasteiger partial charge on any atom is 0.226 e. The van der Waals surface area contributed by atoms with E-state index in [-0.39, 0.29) is 5.75 Å². The van der Waals surface area contributed by atoms with Crippen LogP contribution in [0.5, 0.6) is 5.75 Å². The maximum atomic E-state index is 9.37. The van der Waals surface area contributed by atoms with Crippen LogP contribution in [0.2, 0.25) is 0 Å². The molecule has 1 aliphatic heterocycles. The molecule has 2 N–H and O–H groups in total. The van der Waals surface area contributed by atoms with Gasteiger partial charge < -0.3 is 14.8 Å². The van der Waals surface area contributed by atoms with Crippen LogP contribution < -0.4 is 5.32 Å². The predicted molar refractivity (Wildman–Crippen MR) is 59.2 cm³/mol. The van der Waals surface area contributed by atoms with E-state index in [0.29, 0.717) is 11.8 Å². The fraction of sp³-hybridized carbons (Fsp3) is 0.250. The molecule has 1 aliphatic rings. The summed E-state index contributed by atoms with van der Waals surface area (Å²) in [5.74, 6) is 2.15. The fourth-order valence-electron chi connectivity index (χ4n) is 1.74. The number of hydrogen-bond donors (Lipinski definition) is 2. The molecular weight excluding hydrogens is 204 g/mol. The third-order valence-corrected chi connectivity index (χ3v) is 2.80. The number of oxazole rings is 1. The minimum Gasteiger partial charge on any atom is -0.508 e. The number of aromatic hydroxyl groups is 1. The summed E-state index contributed by atoms with van der Waals surface area (Å²) in [6.45, 7) is 1.91. The van der Waals surface area contributed by atoms with Gasteiger partial charge in [0.15, 0.2) is 0 Å². The normalized spacial score (nSPS) is 16.0. The maximum absolute atomic E-state index is 9.37. The van der Waals surface area contributed by atoms with E-state index < -0.39 is 0 Å².